The number of ether oxygens (including phenoxy) is 1. The fourth-order valence-electron chi connectivity index (χ4n) is 4.37. The minimum absolute atomic E-state index is 0.0870. The molecular formula is C30H31ClN2O2. The van der Waals surface area contributed by atoms with E-state index in [-0.39, 0.29) is 11.8 Å². The SMILES string of the molecule is COCCCN(Cc1cccn1Cc1ccccc1Cl)C(=O)C(c1ccccc1)c1ccccc1. The number of methoxy groups -OCH3 is 1. The molecule has 35 heavy (non-hydrogen) atoms. The van der Waals surface area contributed by atoms with E-state index in [0.29, 0.717) is 26.2 Å². The van der Waals surface area contributed by atoms with Gasteiger partial charge in [-0.2, -0.15) is 0 Å². The molecule has 0 fully saturated rings. The van der Waals surface area contributed by atoms with E-state index in [1.807, 2.05) is 102 Å². The van der Waals surface area contributed by atoms with Crippen LogP contribution in [0.5, 0.6) is 0 Å². The van der Waals surface area contributed by atoms with Crippen molar-refractivity contribution in [1.29, 1.82) is 0 Å². The summed E-state index contributed by atoms with van der Waals surface area (Å²) < 4.78 is 7.46. The molecule has 0 spiro atoms. The second-order valence-electron chi connectivity index (χ2n) is 8.58. The van der Waals surface area contributed by atoms with Crippen LogP contribution in [0.2, 0.25) is 5.02 Å². The molecule has 0 aliphatic carbocycles. The Labute approximate surface area is 212 Å². The first-order chi connectivity index (χ1) is 17.2. The zero-order valence-corrected chi connectivity index (χ0v) is 20.8. The minimum Gasteiger partial charge on any atom is -0.385 e. The van der Waals surface area contributed by atoms with Crippen molar-refractivity contribution in [1.82, 2.24) is 9.47 Å². The van der Waals surface area contributed by atoms with Crippen LogP contribution in [0.15, 0.2) is 103 Å². The van der Waals surface area contributed by atoms with Crippen molar-refractivity contribution in [2.45, 2.75) is 25.4 Å². The highest BCUT2D eigenvalue weighted by Crippen LogP contribution is 2.28. The normalized spacial score (nSPS) is 11.1. The van der Waals surface area contributed by atoms with Gasteiger partial charge in [0.25, 0.3) is 0 Å². The zero-order chi connectivity index (χ0) is 24.5. The van der Waals surface area contributed by atoms with E-state index < -0.39 is 0 Å². The number of aromatic nitrogens is 1. The second-order valence-corrected chi connectivity index (χ2v) is 8.99. The van der Waals surface area contributed by atoms with Crippen molar-refractivity contribution in [3.63, 3.8) is 0 Å². The summed E-state index contributed by atoms with van der Waals surface area (Å²) >= 11 is 6.42. The van der Waals surface area contributed by atoms with Crippen molar-refractivity contribution in [3.8, 4) is 0 Å². The molecule has 1 amide bonds. The third-order valence-electron chi connectivity index (χ3n) is 6.18. The number of carbonyl (C=O) groups is 1. The molecule has 0 N–H and O–H groups in total. The van der Waals surface area contributed by atoms with Crippen molar-refractivity contribution < 1.29 is 9.53 Å². The number of nitrogens with zero attached hydrogens (tertiary/aromatic N) is 2. The van der Waals surface area contributed by atoms with Gasteiger partial charge in [-0.3, -0.25) is 4.79 Å². The first kappa shape index (κ1) is 24.8. The molecular weight excluding hydrogens is 456 g/mol. The average molecular weight is 487 g/mol. The number of benzene rings is 3. The third kappa shape index (κ3) is 6.41. The van der Waals surface area contributed by atoms with Crippen LogP contribution in [-0.4, -0.2) is 35.6 Å². The van der Waals surface area contributed by atoms with Gasteiger partial charge in [0, 0.05) is 43.7 Å². The molecule has 4 rings (SSSR count). The summed E-state index contributed by atoms with van der Waals surface area (Å²) in [5.41, 5.74) is 4.10. The molecule has 1 heterocycles. The minimum atomic E-state index is -0.369. The molecule has 5 heteroatoms. The maximum atomic E-state index is 14.1. The van der Waals surface area contributed by atoms with Gasteiger partial charge in [-0.25, -0.2) is 0 Å². The van der Waals surface area contributed by atoms with E-state index in [2.05, 4.69) is 10.6 Å². The molecule has 0 unspecified atom stereocenters. The smallest absolute Gasteiger partial charge is 0.234 e. The zero-order valence-electron chi connectivity index (χ0n) is 20.0. The summed E-state index contributed by atoms with van der Waals surface area (Å²) in [4.78, 5) is 16.1. The molecule has 4 nitrogen and oxygen atoms in total. The van der Waals surface area contributed by atoms with Crippen LogP contribution in [0.3, 0.4) is 0 Å². The standard InChI is InChI=1S/C30H31ClN2O2/c1-35-21-11-20-33(23-27-17-10-19-32(27)22-26-16-8-9-18-28(26)31)30(34)29(24-12-4-2-5-13-24)25-14-6-3-7-15-25/h2-10,12-19,29H,11,20-23H2,1H3. The lowest BCUT2D eigenvalue weighted by molar-refractivity contribution is -0.132. The van der Waals surface area contributed by atoms with E-state index in [4.69, 9.17) is 16.3 Å². The van der Waals surface area contributed by atoms with Crippen LogP contribution >= 0.6 is 11.6 Å². The van der Waals surface area contributed by atoms with Gasteiger partial charge < -0.3 is 14.2 Å². The second kappa shape index (κ2) is 12.4. The lowest BCUT2D eigenvalue weighted by Crippen LogP contribution is -2.37. The fourth-order valence-corrected chi connectivity index (χ4v) is 4.57. The number of amides is 1. The molecule has 1 aromatic heterocycles. The maximum Gasteiger partial charge on any atom is 0.234 e. The molecule has 0 saturated carbocycles. The van der Waals surface area contributed by atoms with Crippen molar-refractivity contribution >= 4 is 17.5 Å². The van der Waals surface area contributed by atoms with Gasteiger partial charge in [0.05, 0.1) is 12.5 Å². The Kier molecular flexibility index (Phi) is 8.77. The molecule has 0 aliphatic heterocycles. The number of rotatable bonds is 11. The van der Waals surface area contributed by atoms with Gasteiger partial charge in [0.2, 0.25) is 5.91 Å². The van der Waals surface area contributed by atoms with E-state index in [1.165, 1.54) is 0 Å². The monoisotopic (exact) mass is 486 g/mol. The lowest BCUT2D eigenvalue weighted by atomic mass is 9.90. The molecule has 180 valence electrons. The molecule has 0 aliphatic rings. The van der Waals surface area contributed by atoms with Crippen molar-refractivity contribution in [2.75, 3.05) is 20.3 Å². The Balaban J connectivity index is 1.63. The molecule has 0 bridgehead atoms. The highest BCUT2D eigenvalue weighted by Gasteiger charge is 2.28. The van der Waals surface area contributed by atoms with Crippen LogP contribution in [-0.2, 0) is 22.6 Å². The van der Waals surface area contributed by atoms with Gasteiger partial charge in [0.1, 0.15) is 0 Å². The summed E-state index contributed by atoms with van der Waals surface area (Å²) in [7, 11) is 1.69. The van der Waals surface area contributed by atoms with Crippen LogP contribution in [0.25, 0.3) is 0 Å². The van der Waals surface area contributed by atoms with E-state index >= 15 is 0 Å². The van der Waals surface area contributed by atoms with Crippen LogP contribution in [0, 0.1) is 0 Å². The number of hydrogen-bond acceptors (Lipinski definition) is 2. The quantitative estimate of drug-likeness (QED) is 0.230. The molecule has 0 saturated heterocycles. The van der Waals surface area contributed by atoms with Gasteiger partial charge in [-0.15, -0.1) is 0 Å². The van der Waals surface area contributed by atoms with Crippen LogP contribution in [0.4, 0.5) is 0 Å². The van der Waals surface area contributed by atoms with Crippen LogP contribution in [0.1, 0.15) is 34.7 Å². The average Bonchev–Trinajstić information content (AvgIpc) is 3.33. The van der Waals surface area contributed by atoms with Crippen molar-refractivity contribution in [3.05, 3.63) is 131 Å². The van der Waals surface area contributed by atoms with E-state index in [1.54, 1.807) is 7.11 Å². The maximum absolute atomic E-state index is 14.1. The highest BCUT2D eigenvalue weighted by molar-refractivity contribution is 6.31. The third-order valence-corrected chi connectivity index (χ3v) is 6.54. The molecule has 0 atom stereocenters. The predicted molar refractivity (Wildman–Crippen MR) is 142 cm³/mol. The Hall–Kier alpha value is -3.34. The Morgan fingerprint density at radius 3 is 2.14 bits per heavy atom. The summed E-state index contributed by atoms with van der Waals surface area (Å²) in [5.74, 6) is -0.282. The van der Waals surface area contributed by atoms with Crippen LogP contribution < -0.4 is 0 Å². The van der Waals surface area contributed by atoms with E-state index in [9.17, 15) is 4.79 Å². The number of hydrogen-bond donors (Lipinski definition) is 0. The van der Waals surface area contributed by atoms with E-state index in [0.717, 1.165) is 33.8 Å². The summed E-state index contributed by atoms with van der Waals surface area (Å²) in [6, 6.07) is 32.0. The lowest BCUT2D eigenvalue weighted by Gasteiger charge is -2.29. The highest BCUT2D eigenvalue weighted by atomic mass is 35.5. The Morgan fingerprint density at radius 2 is 1.51 bits per heavy atom. The topological polar surface area (TPSA) is 34.5 Å². The first-order valence-electron chi connectivity index (χ1n) is 11.9. The van der Waals surface area contributed by atoms with Gasteiger partial charge in [0.15, 0.2) is 0 Å². The molecule has 0 radical (unpaired) electrons. The summed E-state index contributed by atoms with van der Waals surface area (Å²) in [6.07, 6.45) is 2.81. The fraction of sp³-hybridized carbons (Fsp3) is 0.233. The van der Waals surface area contributed by atoms with Gasteiger partial charge >= 0.3 is 0 Å². The van der Waals surface area contributed by atoms with Gasteiger partial charge in [-0.05, 0) is 41.3 Å². The van der Waals surface area contributed by atoms with Crippen molar-refractivity contribution in [2.24, 2.45) is 0 Å². The molecule has 3 aromatic carbocycles. The summed E-state index contributed by atoms with van der Waals surface area (Å²) in [5, 5.41) is 0.744. The first-order valence-corrected chi connectivity index (χ1v) is 12.3. The largest absolute Gasteiger partial charge is 0.385 e. The Bertz CT molecular complexity index is 1170. The summed E-state index contributed by atoms with van der Waals surface area (Å²) in [6.45, 7) is 2.38. The number of halogens is 1. The Morgan fingerprint density at radius 1 is 0.886 bits per heavy atom. The number of carbonyl (C=O) groups excluding carboxylic acids is 1. The predicted octanol–water partition coefficient (Wildman–Crippen LogP) is 6.39. The molecule has 4 aromatic rings. The van der Waals surface area contributed by atoms with Gasteiger partial charge in [-0.1, -0.05) is 90.5 Å².